The third kappa shape index (κ3) is 3.44. The third-order valence-corrected chi connectivity index (χ3v) is 5.34. The first kappa shape index (κ1) is 18.0. The van der Waals surface area contributed by atoms with Crippen LogP contribution >= 0.6 is 0 Å². The lowest BCUT2D eigenvalue weighted by molar-refractivity contribution is -0.0969. The number of pyridine rings is 1. The zero-order valence-corrected chi connectivity index (χ0v) is 15.8. The molecule has 27 heavy (non-hydrogen) atoms. The maximum Gasteiger partial charge on any atom is 0.272 e. The second kappa shape index (κ2) is 7.32. The number of likely N-dealkylation sites (tertiary alicyclic amines) is 1. The van der Waals surface area contributed by atoms with Crippen molar-refractivity contribution in [2.75, 3.05) is 26.8 Å². The Morgan fingerprint density at radius 3 is 2.89 bits per heavy atom. The van der Waals surface area contributed by atoms with Crippen LogP contribution < -0.4 is 0 Å². The Bertz CT molecular complexity index is 847. The average Bonchev–Trinajstić information content (AvgIpc) is 2.69. The minimum absolute atomic E-state index is 0.0438. The fourth-order valence-electron chi connectivity index (χ4n) is 3.94. The number of hydrogen-bond donors (Lipinski definition) is 0. The van der Waals surface area contributed by atoms with Crippen molar-refractivity contribution in [1.82, 2.24) is 19.9 Å². The van der Waals surface area contributed by atoms with E-state index in [9.17, 15) is 4.79 Å². The zero-order chi connectivity index (χ0) is 18.9. The second-order valence-corrected chi connectivity index (χ2v) is 7.12. The summed E-state index contributed by atoms with van der Waals surface area (Å²) in [6.45, 7) is 4.22. The predicted molar refractivity (Wildman–Crippen MR) is 98.2 cm³/mol. The summed E-state index contributed by atoms with van der Waals surface area (Å²) in [5.74, 6) is 0.717. The number of fused-ring (bicyclic) bond motifs is 2. The van der Waals surface area contributed by atoms with Crippen LogP contribution in [-0.2, 0) is 28.1 Å². The Morgan fingerprint density at radius 1 is 1.30 bits per heavy atom. The summed E-state index contributed by atoms with van der Waals surface area (Å²) in [4.78, 5) is 28.2. The molecule has 1 saturated heterocycles. The molecule has 0 N–H and O–H groups in total. The lowest BCUT2D eigenvalue weighted by atomic mass is 9.83. The number of ether oxygens (including phenoxy) is 2. The fourth-order valence-corrected chi connectivity index (χ4v) is 3.94. The van der Waals surface area contributed by atoms with Gasteiger partial charge in [-0.15, -0.1) is 0 Å². The van der Waals surface area contributed by atoms with Gasteiger partial charge in [0.2, 0.25) is 0 Å². The molecule has 4 heterocycles. The van der Waals surface area contributed by atoms with Gasteiger partial charge in [-0.1, -0.05) is 6.07 Å². The summed E-state index contributed by atoms with van der Waals surface area (Å²) >= 11 is 0. The molecular weight excluding hydrogens is 344 g/mol. The summed E-state index contributed by atoms with van der Waals surface area (Å²) in [5.41, 5.74) is 3.00. The summed E-state index contributed by atoms with van der Waals surface area (Å²) in [7, 11) is 1.62. The molecule has 7 nitrogen and oxygen atoms in total. The molecule has 142 valence electrons. The van der Waals surface area contributed by atoms with Gasteiger partial charge in [-0.25, -0.2) is 15.0 Å². The molecule has 2 aliphatic rings. The Hall–Kier alpha value is -2.38. The third-order valence-electron chi connectivity index (χ3n) is 5.34. The minimum Gasteiger partial charge on any atom is -0.378 e. The van der Waals surface area contributed by atoms with Gasteiger partial charge in [0.15, 0.2) is 0 Å². The number of aryl methyl sites for hydroxylation is 1. The van der Waals surface area contributed by atoms with E-state index in [-0.39, 0.29) is 5.91 Å². The number of aromatic nitrogens is 3. The molecule has 0 saturated carbocycles. The Labute approximate surface area is 158 Å². The van der Waals surface area contributed by atoms with Gasteiger partial charge in [-0.05, 0) is 43.9 Å². The molecule has 2 aromatic heterocycles. The topological polar surface area (TPSA) is 77.4 Å². The minimum atomic E-state index is -0.399. The average molecular weight is 368 g/mol. The first-order chi connectivity index (χ1) is 13.1. The number of piperidine rings is 1. The van der Waals surface area contributed by atoms with Gasteiger partial charge in [-0.3, -0.25) is 4.79 Å². The van der Waals surface area contributed by atoms with Gasteiger partial charge in [0.05, 0.1) is 24.6 Å². The number of nitrogens with zero attached hydrogens (tertiary/aromatic N) is 4. The van der Waals surface area contributed by atoms with E-state index in [1.54, 1.807) is 13.2 Å². The summed E-state index contributed by atoms with van der Waals surface area (Å²) < 4.78 is 11.3. The largest absolute Gasteiger partial charge is 0.378 e. The smallest absolute Gasteiger partial charge is 0.272 e. The van der Waals surface area contributed by atoms with E-state index in [2.05, 4.69) is 15.0 Å². The maximum absolute atomic E-state index is 12.9. The zero-order valence-electron chi connectivity index (χ0n) is 15.8. The monoisotopic (exact) mass is 368 g/mol. The van der Waals surface area contributed by atoms with Gasteiger partial charge in [0.25, 0.3) is 5.91 Å². The van der Waals surface area contributed by atoms with Crippen molar-refractivity contribution in [1.29, 1.82) is 0 Å². The highest BCUT2D eigenvalue weighted by molar-refractivity contribution is 5.92. The van der Waals surface area contributed by atoms with E-state index in [0.717, 1.165) is 36.5 Å². The quantitative estimate of drug-likeness (QED) is 0.825. The molecule has 0 aliphatic carbocycles. The molecule has 1 fully saturated rings. The number of rotatable bonds is 3. The van der Waals surface area contributed by atoms with Gasteiger partial charge in [-0.2, -0.15) is 0 Å². The lowest BCUT2D eigenvalue weighted by Crippen LogP contribution is -2.49. The molecule has 2 aliphatic heterocycles. The second-order valence-electron chi connectivity index (χ2n) is 7.12. The van der Waals surface area contributed by atoms with Crippen LogP contribution in [-0.4, -0.2) is 52.6 Å². The van der Waals surface area contributed by atoms with Crippen molar-refractivity contribution in [3.8, 4) is 0 Å². The first-order valence-electron chi connectivity index (χ1n) is 9.32. The van der Waals surface area contributed by atoms with E-state index in [1.807, 2.05) is 30.2 Å². The molecule has 0 unspecified atom stereocenters. The highest BCUT2D eigenvalue weighted by Gasteiger charge is 2.43. The molecule has 4 rings (SSSR count). The number of carbonyl (C=O) groups is 1. The Balaban J connectivity index is 1.51. The molecule has 7 heteroatoms. The highest BCUT2D eigenvalue weighted by atomic mass is 16.5. The van der Waals surface area contributed by atoms with Crippen molar-refractivity contribution in [2.24, 2.45) is 0 Å². The van der Waals surface area contributed by atoms with Gasteiger partial charge < -0.3 is 14.4 Å². The number of amides is 1. The number of methoxy groups -OCH3 is 1. The molecule has 0 aromatic carbocycles. The summed E-state index contributed by atoms with van der Waals surface area (Å²) in [6, 6.07) is 5.47. The number of carbonyl (C=O) groups excluding carboxylic acids is 1. The Kier molecular flexibility index (Phi) is 4.88. The van der Waals surface area contributed by atoms with Gasteiger partial charge in [0, 0.05) is 26.4 Å². The van der Waals surface area contributed by atoms with Crippen LogP contribution in [0.25, 0.3) is 0 Å². The van der Waals surface area contributed by atoms with Crippen molar-refractivity contribution in [3.05, 3.63) is 52.9 Å². The van der Waals surface area contributed by atoms with E-state index in [0.29, 0.717) is 32.0 Å². The molecule has 1 amide bonds. The van der Waals surface area contributed by atoms with E-state index in [1.165, 1.54) is 5.56 Å². The normalized spacial score (nSPS) is 18.4. The molecule has 0 bridgehead atoms. The van der Waals surface area contributed by atoms with Crippen LogP contribution in [0.3, 0.4) is 0 Å². The molecule has 0 radical (unpaired) electrons. The van der Waals surface area contributed by atoms with Crippen molar-refractivity contribution in [2.45, 2.75) is 38.4 Å². The van der Waals surface area contributed by atoms with E-state index in [4.69, 9.17) is 9.47 Å². The van der Waals surface area contributed by atoms with Crippen LogP contribution in [0.1, 0.15) is 46.1 Å². The van der Waals surface area contributed by atoms with Crippen LogP contribution in [0.4, 0.5) is 0 Å². The first-order valence-corrected chi connectivity index (χ1v) is 9.32. The number of hydrogen-bond acceptors (Lipinski definition) is 6. The van der Waals surface area contributed by atoms with Crippen molar-refractivity contribution in [3.63, 3.8) is 0 Å². The molecule has 2 aromatic rings. The summed E-state index contributed by atoms with van der Waals surface area (Å²) in [5, 5.41) is 0. The predicted octanol–water partition coefficient (Wildman–Crippen LogP) is 2.03. The van der Waals surface area contributed by atoms with Gasteiger partial charge >= 0.3 is 0 Å². The van der Waals surface area contributed by atoms with Crippen LogP contribution in [0.15, 0.2) is 24.4 Å². The van der Waals surface area contributed by atoms with Crippen LogP contribution in [0.2, 0.25) is 0 Å². The highest BCUT2D eigenvalue weighted by Crippen LogP contribution is 2.40. The molecule has 0 atom stereocenters. The van der Waals surface area contributed by atoms with Gasteiger partial charge in [0.1, 0.15) is 17.1 Å². The van der Waals surface area contributed by atoms with Crippen molar-refractivity contribution >= 4 is 5.91 Å². The van der Waals surface area contributed by atoms with E-state index < -0.39 is 5.60 Å². The SMILES string of the molecule is COCc1cccc(C(=O)N2CCC3(CC2)OCCc2cnc(C)nc23)n1. The maximum atomic E-state index is 12.9. The summed E-state index contributed by atoms with van der Waals surface area (Å²) in [6.07, 6.45) is 4.24. The lowest BCUT2D eigenvalue weighted by Gasteiger charge is -2.44. The standard InChI is InChI=1S/C20H24N4O3/c1-14-21-12-15-6-11-27-20(18(15)22-14)7-9-24(10-8-20)19(25)17-5-3-4-16(23-17)13-26-2/h3-5,12H,6-11,13H2,1-2H3. The van der Waals surface area contributed by atoms with Crippen LogP contribution in [0.5, 0.6) is 0 Å². The molecule has 1 spiro atoms. The van der Waals surface area contributed by atoms with Crippen molar-refractivity contribution < 1.29 is 14.3 Å². The van der Waals surface area contributed by atoms with Crippen LogP contribution in [0, 0.1) is 6.92 Å². The van der Waals surface area contributed by atoms with E-state index >= 15 is 0 Å². The fraction of sp³-hybridized carbons (Fsp3) is 0.500. The molecular formula is C20H24N4O3. The Morgan fingerprint density at radius 2 is 2.11 bits per heavy atom.